The predicted molar refractivity (Wildman–Crippen MR) is 67.0 cm³/mol. The van der Waals surface area contributed by atoms with Crippen molar-refractivity contribution >= 4 is 0 Å². The van der Waals surface area contributed by atoms with Crippen molar-refractivity contribution < 1.29 is 4.74 Å². The standard InChI is InChI=1S/C15H16O/c1-12-7-6-10-15(16-2)14(12)11-13-8-4-3-5-9-13/h3-10H,11H2,1-2H3. The Morgan fingerprint density at radius 1 is 0.938 bits per heavy atom. The Hall–Kier alpha value is -1.76. The molecule has 0 saturated heterocycles. The summed E-state index contributed by atoms with van der Waals surface area (Å²) in [6.07, 6.45) is 0.927. The lowest BCUT2D eigenvalue weighted by Gasteiger charge is -2.11. The Labute approximate surface area is 96.7 Å². The maximum absolute atomic E-state index is 5.40. The van der Waals surface area contributed by atoms with Gasteiger partial charge in [-0.1, -0.05) is 42.5 Å². The van der Waals surface area contributed by atoms with E-state index in [4.69, 9.17) is 4.74 Å². The Kier molecular flexibility index (Phi) is 3.25. The lowest BCUT2D eigenvalue weighted by atomic mass is 10.00. The van der Waals surface area contributed by atoms with Gasteiger partial charge in [-0.2, -0.15) is 0 Å². The molecule has 2 rings (SSSR count). The van der Waals surface area contributed by atoms with E-state index in [1.807, 2.05) is 18.2 Å². The van der Waals surface area contributed by atoms with E-state index in [1.165, 1.54) is 16.7 Å². The van der Waals surface area contributed by atoms with Crippen molar-refractivity contribution in [1.82, 2.24) is 0 Å². The smallest absolute Gasteiger partial charge is 0.122 e. The molecule has 2 aromatic rings. The summed E-state index contributed by atoms with van der Waals surface area (Å²) in [5.74, 6) is 0.976. The summed E-state index contributed by atoms with van der Waals surface area (Å²) in [6, 6.07) is 16.6. The van der Waals surface area contributed by atoms with Gasteiger partial charge < -0.3 is 4.74 Å². The molecule has 0 aliphatic rings. The van der Waals surface area contributed by atoms with Crippen LogP contribution < -0.4 is 4.74 Å². The fraction of sp³-hybridized carbons (Fsp3) is 0.200. The molecule has 16 heavy (non-hydrogen) atoms. The molecule has 0 radical (unpaired) electrons. The molecule has 0 fully saturated rings. The summed E-state index contributed by atoms with van der Waals surface area (Å²) in [5, 5.41) is 0. The Balaban J connectivity index is 2.34. The number of hydrogen-bond acceptors (Lipinski definition) is 1. The first-order valence-electron chi connectivity index (χ1n) is 5.47. The van der Waals surface area contributed by atoms with Gasteiger partial charge in [0.1, 0.15) is 5.75 Å². The number of ether oxygens (including phenoxy) is 1. The predicted octanol–water partition coefficient (Wildman–Crippen LogP) is 3.59. The van der Waals surface area contributed by atoms with Gasteiger partial charge in [-0.15, -0.1) is 0 Å². The van der Waals surface area contributed by atoms with E-state index in [0.717, 1.165) is 12.2 Å². The van der Waals surface area contributed by atoms with Crippen LogP contribution >= 0.6 is 0 Å². The highest BCUT2D eigenvalue weighted by molar-refractivity contribution is 5.42. The van der Waals surface area contributed by atoms with Gasteiger partial charge in [0.05, 0.1) is 7.11 Å². The summed E-state index contributed by atoms with van der Waals surface area (Å²) < 4.78 is 5.40. The second kappa shape index (κ2) is 4.84. The topological polar surface area (TPSA) is 9.23 Å². The molecule has 0 N–H and O–H groups in total. The second-order valence-electron chi connectivity index (χ2n) is 3.92. The molecule has 0 amide bonds. The maximum Gasteiger partial charge on any atom is 0.122 e. The van der Waals surface area contributed by atoms with Crippen molar-refractivity contribution in [3.63, 3.8) is 0 Å². The number of rotatable bonds is 3. The third-order valence-electron chi connectivity index (χ3n) is 2.81. The lowest BCUT2D eigenvalue weighted by molar-refractivity contribution is 0.410. The zero-order valence-corrected chi connectivity index (χ0v) is 9.73. The molecule has 0 aromatic heterocycles. The minimum absolute atomic E-state index is 0.927. The molecular weight excluding hydrogens is 196 g/mol. The van der Waals surface area contributed by atoms with Gasteiger partial charge in [0, 0.05) is 12.0 Å². The van der Waals surface area contributed by atoms with Gasteiger partial charge in [-0.3, -0.25) is 0 Å². The van der Waals surface area contributed by atoms with E-state index in [-0.39, 0.29) is 0 Å². The molecule has 0 atom stereocenters. The highest BCUT2D eigenvalue weighted by Crippen LogP contribution is 2.24. The monoisotopic (exact) mass is 212 g/mol. The van der Waals surface area contributed by atoms with E-state index in [2.05, 4.69) is 37.3 Å². The molecule has 1 nitrogen and oxygen atoms in total. The fourth-order valence-electron chi connectivity index (χ4n) is 1.89. The van der Waals surface area contributed by atoms with Crippen LogP contribution in [0.2, 0.25) is 0 Å². The largest absolute Gasteiger partial charge is 0.496 e. The third-order valence-corrected chi connectivity index (χ3v) is 2.81. The van der Waals surface area contributed by atoms with Gasteiger partial charge in [-0.05, 0) is 24.1 Å². The quantitative estimate of drug-likeness (QED) is 0.755. The summed E-state index contributed by atoms with van der Waals surface area (Å²) in [6.45, 7) is 2.13. The zero-order chi connectivity index (χ0) is 11.4. The zero-order valence-electron chi connectivity index (χ0n) is 9.73. The van der Waals surface area contributed by atoms with Crippen LogP contribution in [0.4, 0.5) is 0 Å². The first kappa shape index (κ1) is 10.7. The Bertz CT molecular complexity index is 460. The third kappa shape index (κ3) is 2.25. The highest BCUT2D eigenvalue weighted by Gasteiger charge is 2.06. The van der Waals surface area contributed by atoms with Crippen LogP contribution in [0.15, 0.2) is 48.5 Å². The van der Waals surface area contributed by atoms with Gasteiger partial charge in [0.2, 0.25) is 0 Å². The molecule has 1 heteroatoms. The molecule has 0 unspecified atom stereocenters. The Morgan fingerprint density at radius 2 is 1.69 bits per heavy atom. The van der Waals surface area contributed by atoms with Crippen molar-refractivity contribution in [2.75, 3.05) is 7.11 Å². The van der Waals surface area contributed by atoms with E-state index in [9.17, 15) is 0 Å². The molecule has 0 aliphatic heterocycles. The number of hydrogen-bond donors (Lipinski definition) is 0. The molecule has 82 valence electrons. The summed E-state index contributed by atoms with van der Waals surface area (Å²) in [5.41, 5.74) is 3.87. The number of benzene rings is 2. The number of aryl methyl sites for hydroxylation is 1. The summed E-state index contributed by atoms with van der Waals surface area (Å²) in [7, 11) is 1.73. The van der Waals surface area contributed by atoms with E-state index < -0.39 is 0 Å². The highest BCUT2D eigenvalue weighted by atomic mass is 16.5. The van der Waals surface area contributed by atoms with Crippen LogP contribution in [0.1, 0.15) is 16.7 Å². The van der Waals surface area contributed by atoms with Crippen molar-refractivity contribution in [2.24, 2.45) is 0 Å². The lowest BCUT2D eigenvalue weighted by Crippen LogP contribution is -1.96. The fourth-order valence-corrected chi connectivity index (χ4v) is 1.89. The van der Waals surface area contributed by atoms with Crippen molar-refractivity contribution in [3.8, 4) is 5.75 Å². The van der Waals surface area contributed by atoms with Gasteiger partial charge in [-0.25, -0.2) is 0 Å². The van der Waals surface area contributed by atoms with Crippen molar-refractivity contribution in [3.05, 3.63) is 65.2 Å². The van der Waals surface area contributed by atoms with E-state index >= 15 is 0 Å². The molecule has 2 aromatic carbocycles. The summed E-state index contributed by atoms with van der Waals surface area (Å²) in [4.78, 5) is 0. The first-order valence-corrected chi connectivity index (χ1v) is 5.47. The van der Waals surface area contributed by atoms with Crippen molar-refractivity contribution in [2.45, 2.75) is 13.3 Å². The number of methoxy groups -OCH3 is 1. The molecule has 0 bridgehead atoms. The van der Waals surface area contributed by atoms with E-state index in [1.54, 1.807) is 7.11 Å². The molecule has 0 spiro atoms. The van der Waals surface area contributed by atoms with Crippen LogP contribution in [-0.2, 0) is 6.42 Å². The maximum atomic E-state index is 5.40. The molecule has 0 heterocycles. The van der Waals surface area contributed by atoms with Gasteiger partial charge >= 0.3 is 0 Å². The molecular formula is C15H16O. The summed E-state index contributed by atoms with van der Waals surface area (Å²) >= 11 is 0. The van der Waals surface area contributed by atoms with Crippen LogP contribution in [-0.4, -0.2) is 7.11 Å². The first-order chi connectivity index (χ1) is 7.81. The second-order valence-corrected chi connectivity index (χ2v) is 3.92. The average molecular weight is 212 g/mol. The van der Waals surface area contributed by atoms with Crippen LogP contribution in [0.25, 0.3) is 0 Å². The molecule has 0 saturated carbocycles. The van der Waals surface area contributed by atoms with Crippen LogP contribution in [0, 0.1) is 6.92 Å². The van der Waals surface area contributed by atoms with Crippen LogP contribution in [0.3, 0.4) is 0 Å². The average Bonchev–Trinajstić information content (AvgIpc) is 2.33. The SMILES string of the molecule is COc1cccc(C)c1Cc1ccccc1. The molecule has 0 aliphatic carbocycles. The van der Waals surface area contributed by atoms with E-state index in [0.29, 0.717) is 0 Å². The van der Waals surface area contributed by atoms with Gasteiger partial charge in [0.25, 0.3) is 0 Å². The Morgan fingerprint density at radius 3 is 2.38 bits per heavy atom. The normalized spacial score (nSPS) is 10.1. The van der Waals surface area contributed by atoms with Crippen LogP contribution in [0.5, 0.6) is 5.75 Å². The minimum Gasteiger partial charge on any atom is -0.496 e. The minimum atomic E-state index is 0.927. The van der Waals surface area contributed by atoms with Crippen molar-refractivity contribution in [1.29, 1.82) is 0 Å². The van der Waals surface area contributed by atoms with Gasteiger partial charge in [0.15, 0.2) is 0 Å².